The highest BCUT2D eigenvalue weighted by atomic mass is 19.1. The van der Waals surface area contributed by atoms with Gasteiger partial charge in [-0.2, -0.15) is 5.10 Å². The number of carbonyl (C=O) groups excluding carboxylic acids is 1. The smallest absolute Gasteiger partial charge is 0.244 e. The van der Waals surface area contributed by atoms with Crippen LogP contribution in [0.15, 0.2) is 78.9 Å². The number of aromatic nitrogens is 2. The van der Waals surface area contributed by atoms with Crippen LogP contribution in [-0.4, -0.2) is 27.8 Å². The van der Waals surface area contributed by atoms with Crippen molar-refractivity contribution in [3.05, 3.63) is 95.8 Å². The van der Waals surface area contributed by atoms with Crippen molar-refractivity contribution in [2.75, 3.05) is 6.61 Å². The first-order chi connectivity index (χ1) is 14.6. The molecule has 0 aliphatic carbocycles. The molecule has 1 amide bonds. The lowest BCUT2D eigenvalue weighted by Crippen LogP contribution is -2.29. The number of rotatable bonds is 6. The minimum Gasteiger partial charge on any atom is -0.394 e. The van der Waals surface area contributed by atoms with Crippen LogP contribution in [0.3, 0.4) is 0 Å². The van der Waals surface area contributed by atoms with Gasteiger partial charge in [0.2, 0.25) is 5.91 Å². The molecule has 4 rings (SSSR count). The van der Waals surface area contributed by atoms with E-state index in [1.807, 2.05) is 48.5 Å². The second-order valence-corrected chi connectivity index (χ2v) is 6.88. The molecule has 0 saturated carbocycles. The molecular formula is C24H20FN3O2. The van der Waals surface area contributed by atoms with E-state index in [1.54, 1.807) is 18.2 Å². The minimum absolute atomic E-state index is 0.193. The van der Waals surface area contributed by atoms with E-state index in [2.05, 4.69) is 15.5 Å². The summed E-state index contributed by atoms with van der Waals surface area (Å²) < 4.78 is 13.6. The van der Waals surface area contributed by atoms with E-state index in [9.17, 15) is 14.3 Å². The van der Waals surface area contributed by atoms with Crippen LogP contribution < -0.4 is 5.32 Å². The monoisotopic (exact) mass is 401 g/mol. The van der Waals surface area contributed by atoms with Crippen molar-refractivity contribution in [2.24, 2.45) is 0 Å². The Labute approximate surface area is 172 Å². The second kappa shape index (κ2) is 8.71. The number of hydrogen-bond donors (Lipinski definition) is 3. The van der Waals surface area contributed by atoms with E-state index >= 15 is 0 Å². The predicted octanol–water partition coefficient (Wildman–Crippen LogP) is 4.23. The molecule has 4 aromatic rings. The van der Waals surface area contributed by atoms with Gasteiger partial charge in [0.15, 0.2) is 0 Å². The molecule has 0 aliphatic heterocycles. The molecule has 150 valence electrons. The first-order valence-electron chi connectivity index (χ1n) is 9.52. The van der Waals surface area contributed by atoms with Crippen LogP contribution in [0.5, 0.6) is 0 Å². The molecule has 0 fully saturated rings. The zero-order chi connectivity index (χ0) is 20.9. The maximum atomic E-state index is 13.6. The Kier molecular flexibility index (Phi) is 5.68. The average Bonchev–Trinajstić information content (AvgIpc) is 3.20. The first-order valence-corrected chi connectivity index (χ1v) is 9.52. The SMILES string of the molecule is O=C(/C=C/c1ccc2[nH]nc(-c3cccc(F)c3)c2c1)N[C@@H](CO)c1ccccc1. The number of amides is 1. The van der Waals surface area contributed by atoms with Gasteiger partial charge in [-0.05, 0) is 41.5 Å². The maximum Gasteiger partial charge on any atom is 0.244 e. The van der Waals surface area contributed by atoms with E-state index in [0.29, 0.717) is 11.3 Å². The predicted molar refractivity (Wildman–Crippen MR) is 115 cm³/mol. The van der Waals surface area contributed by atoms with Gasteiger partial charge in [-0.15, -0.1) is 0 Å². The largest absolute Gasteiger partial charge is 0.394 e. The van der Waals surface area contributed by atoms with Gasteiger partial charge in [0.1, 0.15) is 11.5 Å². The average molecular weight is 401 g/mol. The Morgan fingerprint density at radius 3 is 2.70 bits per heavy atom. The van der Waals surface area contributed by atoms with E-state index in [-0.39, 0.29) is 18.3 Å². The van der Waals surface area contributed by atoms with Crippen molar-refractivity contribution in [3.63, 3.8) is 0 Å². The molecule has 0 spiro atoms. The number of nitrogens with one attached hydrogen (secondary N) is 2. The summed E-state index contributed by atoms with van der Waals surface area (Å²) in [4.78, 5) is 12.3. The fourth-order valence-corrected chi connectivity index (χ4v) is 3.30. The van der Waals surface area contributed by atoms with Crippen molar-refractivity contribution in [3.8, 4) is 11.3 Å². The minimum atomic E-state index is -0.473. The number of aliphatic hydroxyl groups is 1. The summed E-state index contributed by atoms with van der Waals surface area (Å²) in [5.41, 5.74) is 3.78. The van der Waals surface area contributed by atoms with E-state index < -0.39 is 6.04 Å². The molecule has 3 aromatic carbocycles. The maximum absolute atomic E-state index is 13.6. The molecule has 0 unspecified atom stereocenters. The standard InChI is InChI=1S/C24H20FN3O2/c25-19-8-4-7-18(14-19)24-20-13-16(9-11-21(20)27-28-24)10-12-23(30)26-22(15-29)17-5-2-1-3-6-17/h1-14,22,29H,15H2,(H,26,30)(H,27,28)/b12-10+/t22-/m0/s1. The third-order valence-corrected chi connectivity index (χ3v) is 4.81. The van der Waals surface area contributed by atoms with Crippen LogP contribution in [0.4, 0.5) is 4.39 Å². The van der Waals surface area contributed by atoms with Crippen molar-refractivity contribution in [1.29, 1.82) is 0 Å². The topological polar surface area (TPSA) is 78.0 Å². The molecular weight excluding hydrogens is 381 g/mol. The van der Waals surface area contributed by atoms with Crippen LogP contribution in [-0.2, 0) is 4.79 Å². The van der Waals surface area contributed by atoms with Gasteiger partial charge < -0.3 is 10.4 Å². The molecule has 1 heterocycles. The number of carbonyl (C=O) groups is 1. The Morgan fingerprint density at radius 1 is 1.10 bits per heavy atom. The lowest BCUT2D eigenvalue weighted by Gasteiger charge is -2.15. The zero-order valence-electron chi connectivity index (χ0n) is 16.0. The quantitative estimate of drug-likeness (QED) is 0.423. The van der Waals surface area contributed by atoms with Gasteiger partial charge in [-0.3, -0.25) is 9.89 Å². The number of aromatic amines is 1. The first kappa shape index (κ1) is 19.5. The molecule has 1 aromatic heterocycles. The van der Waals surface area contributed by atoms with Gasteiger partial charge in [0.05, 0.1) is 18.2 Å². The van der Waals surface area contributed by atoms with Crippen LogP contribution in [0.25, 0.3) is 28.2 Å². The summed E-state index contributed by atoms with van der Waals surface area (Å²) in [5, 5.41) is 20.5. The third-order valence-electron chi connectivity index (χ3n) is 4.81. The molecule has 0 saturated heterocycles. The summed E-state index contributed by atoms with van der Waals surface area (Å²) >= 11 is 0. The van der Waals surface area contributed by atoms with E-state index in [4.69, 9.17) is 0 Å². The molecule has 3 N–H and O–H groups in total. The zero-order valence-corrected chi connectivity index (χ0v) is 16.0. The molecule has 1 atom stereocenters. The van der Waals surface area contributed by atoms with Gasteiger partial charge in [0, 0.05) is 17.0 Å². The Bertz CT molecular complexity index is 1200. The van der Waals surface area contributed by atoms with Gasteiger partial charge >= 0.3 is 0 Å². The molecule has 0 bridgehead atoms. The third kappa shape index (κ3) is 4.29. The van der Waals surface area contributed by atoms with Crippen LogP contribution in [0, 0.1) is 5.82 Å². The van der Waals surface area contributed by atoms with Crippen LogP contribution in [0.2, 0.25) is 0 Å². The van der Waals surface area contributed by atoms with Crippen molar-refractivity contribution in [1.82, 2.24) is 15.5 Å². The van der Waals surface area contributed by atoms with E-state index in [0.717, 1.165) is 22.0 Å². The highest BCUT2D eigenvalue weighted by Gasteiger charge is 2.12. The number of H-pyrrole nitrogens is 1. The van der Waals surface area contributed by atoms with Crippen LogP contribution >= 0.6 is 0 Å². The van der Waals surface area contributed by atoms with Crippen molar-refractivity contribution >= 4 is 22.9 Å². The number of aliphatic hydroxyl groups excluding tert-OH is 1. The van der Waals surface area contributed by atoms with Gasteiger partial charge in [-0.25, -0.2) is 4.39 Å². The van der Waals surface area contributed by atoms with Crippen LogP contribution in [0.1, 0.15) is 17.2 Å². The summed E-state index contributed by atoms with van der Waals surface area (Å²) in [6.45, 7) is -0.193. The van der Waals surface area contributed by atoms with Crippen molar-refractivity contribution in [2.45, 2.75) is 6.04 Å². The fraction of sp³-hybridized carbons (Fsp3) is 0.0833. The summed E-state index contributed by atoms with van der Waals surface area (Å²) in [6.07, 6.45) is 3.12. The molecule has 0 radical (unpaired) electrons. The molecule has 0 aliphatic rings. The molecule has 30 heavy (non-hydrogen) atoms. The highest BCUT2D eigenvalue weighted by Crippen LogP contribution is 2.27. The molecule has 5 nitrogen and oxygen atoms in total. The lowest BCUT2D eigenvalue weighted by atomic mass is 10.1. The number of benzene rings is 3. The summed E-state index contributed by atoms with van der Waals surface area (Å²) in [7, 11) is 0. The number of halogens is 1. The van der Waals surface area contributed by atoms with Crippen molar-refractivity contribution < 1.29 is 14.3 Å². The van der Waals surface area contributed by atoms with E-state index in [1.165, 1.54) is 18.2 Å². The number of hydrogen-bond acceptors (Lipinski definition) is 3. The number of fused-ring (bicyclic) bond motifs is 1. The fourth-order valence-electron chi connectivity index (χ4n) is 3.30. The summed E-state index contributed by atoms with van der Waals surface area (Å²) in [5.74, 6) is -0.635. The van der Waals surface area contributed by atoms with Gasteiger partial charge in [-0.1, -0.05) is 48.5 Å². The normalized spacial score (nSPS) is 12.3. The Balaban J connectivity index is 1.54. The lowest BCUT2D eigenvalue weighted by molar-refractivity contribution is -0.117. The van der Waals surface area contributed by atoms with Gasteiger partial charge in [0.25, 0.3) is 0 Å². The Hall–Kier alpha value is -3.77. The Morgan fingerprint density at radius 2 is 1.93 bits per heavy atom. The second-order valence-electron chi connectivity index (χ2n) is 6.88. The number of nitrogens with zero attached hydrogens (tertiary/aromatic N) is 1. The highest BCUT2D eigenvalue weighted by molar-refractivity contribution is 5.96. The summed E-state index contributed by atoms with van der Waals surface area (Å²) in [6, 6.07) is 20.7. The molecule has 6 heteroatoms.